The third-order valence-corrected chi connectivity index (χ3v) is 5.21. The van der Waals surface area contributed by atoms with Crippen LogP contribution >= 0.6 is 15.9 Å². The summed E-state index contributed by atoms with van der Waals surface area (Å²) in [6.45, 7) is 9.23. The molecule has 36 heavy (non-hydrogen) atoms. The topological polar surface area (TPSA) is 107 Å². The lowest BCUT2D eigenvalue weighted by molar-refractivity contribution is -0.134. The Morgan fingerprint density at radius 3 is 2.11 bits per heavy atom. The number of carboxylic acid groups (broad SMARTS) is 2. The average molecular weight is 562 g/mol. The highest BCUT2D eigenvalue weighted by atomic mass is 79.9. The molecule has 0 spiro atoms. The van der Waals surface area contributed by atoms with Crippen LogP contribution in [-0.4, -0.2) is 58.9 Å². The third-order valence-electron chi connectivity index (χ3n) is 4.68. The summed E-state index contributed by atoms with van der Waals surface area (Å²) >= 11 is 3.37. The van der Waals surface area contributed by atoms with Crippen LogP contribution in [0.1, 0.15) is 11.1 Å². The highest BCUT2D eigenvalue weighted by molar-refractivity contribution is 9.10. The Morgan fingerprint density at radius 2 is 1.61 bits per heavy atom. The summed E-state index contributed by atoms with van der Waals surface area (Å²) < 4.78 is 20.9. The number of rotatable bonds is 12. The molecule has 9 heteroatoms. The second kappa shape index (κ2) is 15.5. The zero-order valence-corrected chi connectivity index (χ0v) is 21.4. The smallest absolute Gasteiger partial charge is 0.328 e. The van der Waals surface area contributed by atoms with Crippen LogP contribution in [0.2, 0.25) is 0 Å². The maximum Gasteiger partial charge on any atom is 0.328 e. The molecule has 3 N–H and O–H groups in total. The zero-order valence-electron chi connectivity index (χ0n) is 19.8. The number of halogens is 2. The molecule has 192 valence electrons. The molecule has 1 atom stereocenters. The molecule has 0 saturated carbocycles. The lowest BCUT2D eigenvalue weighted by Gasteiger charge is -2.26. The molecule has 7 nitrogen and oxygen atoms in total. The number of hydrogen-bond donors (Lipinski definition) is 3. The van der Waals surface area contributed by atoms with Gasteiger partial charge in [-0.1, -0.05) is 65.0 Å². The van der Waals surface area contributed by atoms with Crippen LogP contribution in [0.25, 0.3) is 0 Å². The molecule has 0 amide bonds. The maximum absolute atomic E-state index is 14.5. The number of aliphatic hydroxyl groups is 1. The van der Waals surface area contributed by atoms with Crippen LogP contribution in [0.5, 0.6) is 5.75 Å². The molecular formula is C27H29BrFNO6. The number of ether oxygens (including phenoxy) is 1. The van der Waals surface area contributed by atoms with E-state index in [1.807, 2.05) is 37.4 Å². The van der Waals surface area contributed by atoms with Crippen molar-refractivity contribution in [2.24, 2.45) is 0 Å². The lowest BCUT2D eigenvalue weighted by atomic mass is 9.86. The molecular weight excluding hydrogens is 533 g/mol. The van der Waals surface area contributed by atoms with E-state index in [0.29, 0.717) is 23.3 Å². The van der Waals surface area contributed by atoms with Gasteiger partial charge in [-0.3, -0.25) is 4.90 Å². The zero-order chi connectivity index (χ0) is 27.1. The summed E-state index contributed by atoms with van der Waals surface area (Å²) in [5.74, 6) is -2.91. The first-order chi connectivity index (χ1) is 17.0. The SMILES string of the molecule is C=CCN(C)C/C=C/COc1ccc(C(O)(C=C)c2ccc(Br)cc2)cc1F.O=C(O)/C=C/C(=O)O. The normalized spacial score (nSPS) is 12.6. The molecule has 0 heterocycles. The van der Waals surface area contributed by atoms with Crippen molar-refractivity contribution >= 4 is 27.9 Å². The predicted octanol–water partition coefficient (Wildman–Crippen LogP) is 4.77. The minimum absolute atomic E-state index is 0.134. The van der Waals surface area contributed by atoms with E-state index in [0.717, 1.165) is 17.6 Å². The first-order valence-corrected chi connectivity index (χ1v) is 11.5. The molecule has 0 aromatic heterocycles. The van der Waals surface area contributed by atoms with E-state index in [4.69, 9.17) is 14.9 Å². The largest absolute Gasteiger partial charge is 0.486 e. The van der Waals surface area contributed by atoms with E-state index in [2.05, 4.69) is 34.0 Å². The number of benzene rings is 2. The summed E-state index contributed by atoms with van der Waals surface area (Å²) in [4.78, 5) is 21.2. The van der Waals surface area contributed by atoms with Crippen molar-refractivity contribution < 1.29 is 34.0 Å². The van der Waals surface area contributed by atoms with Crippen LogP contribution in [0.4, 0.5) is 4.39 Å². The van der Waals surface area contributed by atoms with Crippen molar-refractivity contribution in [1.82, 2.24) is 4.90 Å². The summed E-state index contributed by atoms with van der Waals surface area (Å²) in [5.41, 5.74) is -0.503. The van der Waals surface area contributed by atoms with E-state index in [9.17, 15) is 19.1 Å². The summed E-state index contributed by atoms with van der Waals surface area (Å²) in [6.07, 6.45) is 8.15. The third kappa shape index (κ3) is 10.4. The number of carboxylic acids is 2. The first-order valence-electron chi connectivity index (χ1n) is 10.7. The van der Waals surface area contributed by atoms with Gasteiger partial charge in [0, 0.05) is 29.7 Å². The molecule has 0 fully saturated rings. The van der Waals surface area contributed by atoms with Crippen LogP contribution in [-0.2, 0) is 15.2 Å². The number of aliphatic carboxylic acids is 2. The van der Waals surface area contributed by atoms with Gasteiger partial charge in [-0.05, 0) is 42.4 Å². The quantitative estimate of drug-likeness (QED) is 0.253. The second-order valence-electron chi connectivity index (χ2n) is 7.42. The molecule has 0 bridgehead atoms. The van der Waals surface area contributed by atoms with Gasteiger partial charge in [0.25, 0.3) is 0 Å². The fourth-order valence-corrected chi connectivity index (χ4v) is 3.12. The van der Waals surface area contributed by atoms with Gasteiger partial charge in [-0.15, -0.1) is 6.58 Å². The van der Waals surface area contributed by atoms with Crippen LogP contribution < -0.4 is 4.74 Å². The average Bonchev–Trinajstić information content (AvgIpc) is 2.84. The monoisotopic (exact) mass is 561 g/mol. The van der Waals surface area contributed by atoms with Gasteiger partial charge in [0.15, 0.2) is 11.6 Å². The Morgan fingerprint density at radius 1 is 1.03 bits per heavy atom. The van der Waals surface area contributed by atoms with Gasteiger partial charge in [-0.25, -0.2) is 14.0 Å². The van der Waals surface area contributed by atoms with Crippen LogP contribution in [0.15, 0.2) is 96.6 Å². The molecule has 0 aliphatic rings. The summed E-state index contributed by atoms with van der Waals surface area (Å²) in [5, 5.41) is 26.7. The fraction of sp³-hybridized carbons (Fsp3) is 0.185. The van der Waals surface area contributed by atoms with Crippen molar-refractivity contribution in [2.45, 2.75) is 5.60 Å². The standard InChI is InChI=1S/C23H25BrFNO2.C4H4O4/c1-4-14-26(3)15-6-7-16-28-22-13-10-19(17-21(22)25)23(27,5-2)18-8-11-20(24)12-9-18;5-3(6)1-2-4(7)8/h4-13,17,27H,1-2,14-16H2,3H3;1-2H,(H,5,6)(H,7,8)/b7-6+;2-1+. The van der Waals surface area contributed by atoms with Gasteiger partial charge in [0.1, 0.15) is 12.2 Å². The predicted molar refractivity (Wildman–Crippen MR) is 140 cm³/mol. The first kappa shape index (κ1) is 30.5. The number of nitrogens with zero attached hydrogens (tertiary/aromatic N) is 1. The van der Waals surface area contributed by atoms with E-state index < -0.39 is 23.4 Å². The fourth-order valence-electron chi connectivity index (χ4n) is 2.86. The van der Waals surface area contributed by atoms with E-state index in [-0.39, 0.29) is 12.4 Å². The number of carbonyl (C=O) groups is 2. The Labute approximate surface area is 218 Å². The Hall–Kier alpha value is -3.53. The molecule has 0 radical (unpaired) electrons. The molecule has 2 rings (SSSR count). The Balaban J connectivity index is 0.000000697. The van der Waals surface area contributed by atoms with Gasteiger partial charge in [0.05, 0.1) is 0 Å². The van der Waals surface area contributed by atoms with Crippen molar-refractivity contribution in [3.8, 4) is 5.75 Å². The maximum atomic E-state index is 14.5. The molecule has 2 aromatic rings. The van der Waals surface area contributed by atoms with Crippen molar-refractivity contribution in [3.05, 3.63) is 113 Å². The minimum atomic E-state index is -1.49. The van der Waals surface area contributed by atoms with E-state index >= 15 is 0 Å². The Kier molecular flexibility index (Phi) is 13.1. The van der Waals surface area contributed by atoms with E-state index in [1.54, 1.807) is 18.2 Å². The minimum Gasteiger partial charge on any atom is -0.486 e. The lowest BCUT2D eigenvalue weighted by Crippen LogP contribution is -2.24. The molecule has 0 saturated heterocycles. The van der Waals surface area contributed by atoms with Crippen LogP contribution in [0.3, 0.4) is 0 Å². The number of likely N-dealkylation sites (N-methyl/N-ethyl adjacent to an activating group) is 1. The van der Waals surface area contributed by atoms with Gasteiger partial charge in [0.2, 0.25) is 0 Å². The van der Waals surface area contributed by atoms with Crippen molar-refractivity contribution in [1.29, 1.82) is 0 Å². The second-order valence-corrected chi connectivity index (χ2v) is 8.34. The highest BCUT2D eigenvalue weighted by Crippen LogP contribution is 2.33. The van der Waals surface area contributed by atoms with Gasteiger partial charge < -0.3 is 20.1 Å². The number of hydrogen-bond acceptors (Lipinski definition) is 5. The Bertz CT molecular complexity index is 1080. The van der Waals surface area contributed by atoms with Crippen molar-refractivity contribution in [3.63, 3.8) is 0 Å². The summed E-state index contributed by atoms with van der Waals surface area (Å²) in [7, 11) is 1.98. The van der Waals surface area contributed by atoms with Gasteiger partial charge >= 0.3 is 11.9 Å². The molecule has 0 aliphatic heterocycles. The van der Waals surface area contributed by atoms with E-state index in [1.165, 1.54) is 18.2 Å². The molecule has 0 aliphatic carbocycles. The molecule has 2 aromatic carbocycles. The highest BCUT2D eigenvalue weighted by Gasteiger charge is 2.29. The van der Waals surface area contributed by atoms with Gasteiger partial charge in [-0.2, -0.15) is 0 Å². The molecule has 1 unspecified atom stereocenters. The summed E-state index contributed by atoms with van der Waals surface area (Å²) in [6, 6.07) is 11.6. The van der Waals surface area contributed by atoms with Crippen LogP contribution in [0, 0.1) is 5.82 Å². The van der Waals surface area contributed by atoms with Crippen molar-refractivity contribution in [2.75, 3.05) is 26.7 Å².